The zero-order chi connectivity index (χ0) is 29.0. The molecule has 5 rings (SSSR count). The van der Waals surface area contributed by atoms with Crippen molar-refractivity contribution in [2.24, 2.45) is 0 Å². The molecule has 0 saturated carbocycles. The van der Waals surface area contributed by atoms with Gasteiger partial charge >= 0.3 is 6.18 Å². The van der Waals surface area contributed by atoms with Crippen molar-refractivity contribution >= 4 is 28.4 Å². The largest absolute Gasteiger partial charge is 0.416 e. The van der Waals surface area contributed by atoms with Gasteiger partial charge in [-0.2, -0.15) is 13.2 Å². The summed E-state index contributed by atoms with van der Waals surface area (Å²) in [6.07, 6.45) is -1.24. The molecule has 6 nitrogen and oxygen atoms in total. The first-order valence-electron chi connectivity index (χ1n) is 12.9. The fraction of sp³-hybridized carbons (Fsp3) is 0.125. The molecule has 0 atom stereocenters. The highest BCUT2D eigenvalue weighted by Crippen LogP contribution is 2.32. The maximum atomic E-state index is 13.2. The normalized spacial score (nSPS) is 11.3. The third-order valence-corrected chi connectivity index (χ3v) is 6.63. The second kappa shape index (κ2) is 11.6. The molecule has 206 valence electrons. The standard InChI is InChI=1S/C32H25F3N4O2/c1-2-39(20-26-7-5-6-16-36-26)31(41)23-17-22-12-15-25(18-29(22)37-19-23)38-30(40)28-9-4-3-8-27(28)21-10-13-24(14-11-21)32(33,34)35/h3-19H,2,20H2,1H3,(H,38,40). The van der Waals surface area contributed by atoms with Gasteiger partial charge in [-0.15, -0.1) is 0 Å². The van der Waals surface area contributed by atoms with Crippen LogP contribution in [-0.4, -0.2) is 33.2 Å². The van der Waals surface area contributed by atoms with Gasteiger partial charge in [0.15, 0.2) is 0 Å². The van der Waals surface area contributed by atoms with Crippen LogP contribution in [-0.2, 0) is 12.7 Å². The van der Waals surface area contributed by atoms with Gasteiger partial charge in [0.1, 0.15) is 0 Å². The smallest absolute Gasteiger partial charge is 0.333 e. The minimum absolute atomic E-state index is 0.162. The fourth-order valence-corrected chi connectivity index (χ4v) is 4.48. The van der Waals surface area contributed by atoms with E-state index in [0.717, 1.165) is 23.2 Å². The Morgan fingerprint density at radius 3 is 2.34 bits per heavy atom. The Balaban J connectivity index is 1.34. The van der Waals surface area contributed by atoms with E-state index in [9.17, 15) is 22.8 Å². The summed E-state index contributed by atoms with van der Waals surface area (Å²) in [5.41, 5.74) is 2.86. The van der Waals surface area contributed by atoms with Gasteiger partial charge in [0, 0.05) is 35.6 Å². The van der Waals surface area contributed by atoms with Crippen LogP contribution >= 0.6 is 0 Å². The van der Waals surface area contributed by atoms with Crippen LogP contribution in [0.4, 0.5) is 18.9 Å². The van der Waals surface area contributed by atoms with Gasteiger partial charge in [-0.1, -0.05) is 42.5 Å². The summed E-state index contributed by atoms with van der Waals surface area (Å²) in [5.74, 6) is -0.579. The Morgan fingerprint density at radius 1 is 0.878 bits per heavy atom. The number of pyridine rings is 2. The van der Waals surface area contributed by atoms with Gasteiger partial charge < -0.3 is 10.2 Å². The molecule has 0 aliphatic rings. The van der Waals surface area contributed by atoms with Crippen LogP contribution in [0.3, 0.4) is 0 Å². The Morgan fingerprint density at radius 2 is 1.63 bits per heavy atom. The van der Waals surface area contributed by atoms with Crippen molar-refractivity contribution in [1.29, 1.82) is 0 Å². The van der Waals surface area contributed by atoms with Gasteiger partial charge in [0.25, 0.3) is 11.8 Å². The quantitative estimate of drug-likeness (QED) is 0.230. The molecule has 2 heterocycles. The lowest BCUT2D eigenvalue weighted by Gasteiger charge is -2.20. The van der Waals surface area contributed by atoms with E-state index in [1.54, 1.807) is 59.6 Å². The summed E-state index contributed by atoms with van der Waals surface area (Å²) >= 11 is 0. The Bertz CT molecular complexity index is 1700. The number of alkyl halides is 3. The fourth-order valence-electron chi connectivity index (χ4n) is 4.48. The molecule has 0 aliphatic carbocycles. The van der Waals surface area contributed by atoms with Crippen molar-refractivity contribution in [3.63, 3.8) is 0 Å². The molecular formula is C32H25F3N4O2. The molecule has 0 bridgehead atoms. The predicted octanol–water partition coefficient (Wildman–Crippen LogP) is 7.23. The molecular weight excluding hydrogens is 529 g/mol. The topological polar surface area (TPSA) is 75.2 Å². The van der Waals surface area contributed by atoms with Crippen LogP contribution in [0.2, 0.25) is 0 Å². The Hall–Kier alpha value is -5.05. The minimum Gasteiger partial charge on any atom is -0.333 e. The van der Waals surface area contributed by atoms with Crippen LogP contribution in [0.1, 0.15) is 38.9 Å². The number of carbonyl (C=O) groups excluding carboxylic acids is 2. The number of nitrogens with one attached hydrogen (secondary N) is 1. The first kappa shape index (κ1) is 27.5. The van der Waals surface area contributed by atoms with Crippen LogP contribution in [0, 0.1) is 0 Å². The van der Waals surface area contributed by atoms with E-state index >= 15 is 0 Å². The molecule has 2 aromatic heterocycles. The highest BCUT2D eigenvalue weighted by molar-refractivity contribution is 6.09. The number of nitrogens with zero attached hydrogens (tertiary/aromatic N) is 3. The number of halogens is 3. The van der Waals surface area contributed by atoms with Gasteiger partial charge in [-0.05, 0) is 66.6 Å². The summed E-state index contributed by atoms with van der Waals surface area (Å²) in [5, 5.41) is 3.58. The average Bonchev–Trinajstić information content (AvgIpc) is 2.99. The number of aromatic nitrogens is 2. The predicted molar refractivity (Wildman–Crippen MR) is 151 cm³/mol. The summed E-state index contributed by atoms with van der Waals surface area (Å²) < 4.78 is 39.0. The minimum atomic E-state index is -4.44. The number of hydrogen-bond acceptors (Lipinski definition) is 4. The highest BCUT2D eigenvalue weighted by Gasteiger charge is 2.30. The SMILES string of the molecule is CCN(Cc1ccccn1)C(=O)c1cnc2cc(NC(=O)c3ccccc3-c3ccc(C(F)(F)F)cc3)ccc2c1. The number of benzene rings is 3. The van der Waals surface area contributed by atoms with E-state index in [4.69, 9.17) is 0 Å². The lowest BCUT2D eigenvalue weighted by Crippen LogP contribution is -2.30. The number of fused-ring (bicyclic) bond motifs is 1. The lowest BCUT2D eigenvalue weighted by molar-refractivity contribution is -0.137. The van der Waals surface area contributed by atoms with Crippen molar-refractivity contribution in [2.75, 3.05) is 11.9 Å². The molecule has 0 spiro atoms. The summed E-state index contributed by atoms with van der Waals surface area (Å²) in [6.45, 7) is 2.79. The van der Waals surface area contributed by atoms with E-state index in [1.165, 1.54) is 18.3 Å². The number of hydrogen-bond donors (Lipinski definition) is 1. The van der Waals surface area contributed by atoms with E-state index in [0.29, 0.717) is 46.5 Å². The third kappa shape index (κ3) is 6.24. The Kier molecular flexibility index (Phi) is 7.78. The molecule has 9 heteroatoms. The lowest BCUT2D eigenvalue weighted by atomic mass is 9.98. The monoisotopic (exact) mass is 554 g/mol. The zero-order valence-corrected chi connectivity index (χ0v) is 22.0. The Labute approximate surface area is 234 Å². The van der Waals surface area contributed by atoms with Crippen LogP contribution in [0.25, 0.3) is 22.0 Å². The number of amides is 2. The first-order valence-corrected chi connectivity index (χ1v) is 12.9. The summed E-state index contributed by atoms with van der Waals surface area (Å²) in [4.78, 5) is 36.8. The van der Waals surface area contributed by atoms with Gasteiger partial charge in [-0.3, -0.25) is 19.6 Å². The maximum Gasteiger partial charge on any atom is 0.416 e. The van der Waals surface area contributed by atoms with Crippen molar-refractivity contribution in [3.8, 4) is 11.1 Å². The van der Waals surface area contributed by atoms with E-state index in [1.807, 2.05) is 25.1 Å². The van der Waals surface area contributed by atoms with Gasteiger partial charge in [-0.25, -0.2) is 0 Å². The molecule has 0 fully saturated rings. The third-order valence-electron chi connectivity index (χ3n) is 6.63. The van der Waals surface area contributed by atoms with E-state index in [2.05, 4.69) is 15.3 Å². The molecule has 0 radical (unpaired) electrons. The van der Waals surface area contributed by atoms with Crippen LogP contribution in [0.15, 0.2) is 103 Å². The molecule has 3 aromatic carbocycles. The van der Waals surface area contributed by atoms with Crippen molar-refractivity contribution in [2.45, 2.75) is 19.6 Å². The maximum absolute atomic E-state index is 13.2. The van der Waals surface area contributed by atoms with Crippen molar-refractivity contribution in [1.82, 2.24) is 14.9 Å². The summed E-state index contributed by atoms with van der Waals surface area (Å²) in [7, 11) is 0. The second-order valence-corrected chi connectivity index (χ2v) is 9.35. The number of anilines is 1. The molecule has 0 unspecified atom stereocenters. The molecule has 41 heavy (non-hydrogen) atoms. The average molecular weight is 555 g/mol. The number of carbonyl (C=O) groups is 2. The molecule has 5 aromatic rings. The van der Waals surface area contributed by atoms with Crippen LogP contribution in [0.5, 0.6) is 0 Å². The molecule has 0 saturated heterocycles. The summed E-state index contributed by atoms with van der Waals surface area (Å²) in [6, 6.07) is 23.9. The second-order valence-electron chi connectivity index (χ2n) is 9.35. The van der Waals surface area contributed by atoms with Crippen molar-refractivity contribution < 1.29 is 22.8 Å². The first-order chi connectivity index (χ1) is 19.7. The zero-order valence-electron chi connectivity index (χ0n) is 22.0. The van der Waals surface area contributed by atoms with Crippen LogP contribution < -0.4 is 5.32 Å². The van der Waals surface area contributed by atoms with Crippen molar-refractivity contribution in [3.05, 3.63) is 126 Å². The van der Waals surface area contributed by atoms with Gasteiger partial charge in [0.05, 0.1) is 28.9 Å². The number of rotatable bonds is 7. The van der Waals surface area contributed by atoms with E-state index in [-0.39, 0.29) is 5.91 Å². The molecule has 0 aliphatic heterocycles. The highest BCUT2D eigenvalue weighted by atomic mass is 19.4. The van der Waals surface area contributed by atoms with E-state index < -0.39 is 17.6 Å². The molecule has 1 N–H and O–H groups in total. The molecule has 2 amide bonds. The van der Waals surface area contributed by atoms with Gasteiger partial charge in [0.2, 0.25) is 0 Å².